The summed E-state index contributed by atoms with van der Waals surface area (Å²) in [5.41, 5.74) is 3.88. The van der Waals surface area contributed by atoms with E-state index in [4.69, 9.17) is 4.74 Å². The predicted octanol–water partition coefficient (Wildman–Crippen LogP) is 4.24. The third-order valence-electron chi connectivity index (χ3n) is 5.60. The van der Waals surface area contributed by atoms with Crippen molar-refractivity contribution in [2.24, 2.45) is 0 Å². The Morgan fingerprint density at radius 3 is 2.35 bits per heavy atom. The van der Waals surface area contributed by atoms with Gasteiger partial charge in [0.2, 0.25) is 5.56 Å². The van der Waals surface area contributed by atoms with Crippen molar-refractivity contribution in [3.63, 3.8) is 0 Å². The van der Waals surface area contributed by atoms with E-state index in [0.717, 1.165) is 23.5 Å². The minimum atomic E-state index is -0.769. The maximum absolute atomic E-state index is 11.6. The number of aromatic nitrogens is 1. The summed E-state index contributed by atoms with van der Waals surface area (Å²) in [6.45, 7) is 3.68. The van der Waals surface area contributed by atoms with E-state index in [0.29, 0.717) is 36.2 Å². The molecule has 0 aliphatic heterocycles. The van der Waals surface area contributed by atoms with Crippen molar-refractivity contribution in [3.05, 3.63) is 94.3 Å². The van der Waals surface area contributed by atoms with Gasteiger partial charge in [0.15, 0.2) is 0 Å². The van der Waals surface area contributed by atoms with Crippen molar-refractivity contribution in [2.45, 2.75) is 19.4 Å². The molecule has 1 aromatic heterocycles. The van der Waals surface area contributed by atoms with Gasteiger partial charge in [0, 0.05) is 29.4 Å². The molecule has 0 aliphatic rings. The summed E-state index contributed by atoms with van der Waals surface area (Å²) in [4.78, 5) is 14.2. The van der Waals surface area contributed by atoms with Gasteiger partial charge in [-0.25, -0.2) is 0 Å². The first-order valence-electron chi connectivity index (χ1n) is 11.4. The van der Waals surface area contributed by atoms with Crippen LogP contribution in [0, 0.1) is 0 Å². The van der Waals surface area contributed by atoms with Gasteiger partial charge in [-0.2, -0.15) is 0 Å². The van der Waals surface area contributed by atoms with Gasteiger partial charge in [0.05, 0.1) is 18.2 Å². The zero-order valence-corrected chi connectivity index (χ0v) is 19.0. The standard InChI is InChI=1S/C27H29N3O4/c1-2-34-21-9-7-20(8-10-21)29-19-5-3-18(4-6-19)15-16-28-17-25(32)22-11-13-24(31)27-23(22)12-14-26(33)30-27/h3-14,25,28-29,31-32H,2,15-17H2,1H3,(H,30,33)/t25-/m0/s1. The number of pyridine rings is 1. The molecule has 0 saturated carbocycles. The number of benzene rings is 3. The third-order valence-corrected chi connectivity index (χ3v) is 5.60. The molecular weight excluding hydrogens is 430 g/mol. The molecule has 0 unspecified atom stereocenters. The number of H-pyrrole nitrogens is 1. The molecule has 4 rings (SSSR count). The molecule has 3 aromatic carbocycles. The number of aromatic amines is 1. The van der Waals surface area contributed by atoms with Crippen molar-refractivity contribution < 1.29 is 14.9 Å². The minimum Gasteiger partial charge on any atom is -0.506 e. The van der Waals surface area contributed by atoms with Crippen LogP contribution in [0.3, 0.4) is 0 Å². The Bertz CT molecular complexity index is 1280. The molecule has 7 nitrogen and oxygen atoms in total. The van der Waals surface area contributed by atoms with E-state index in [1.165, 1.54) is 17.7 Å². The number of ether oxygens (including phenoxy) is 1. The maximum Gasteiger partial charge on any atom is 0.248 e. The molecule has 0 spiro atoms. The van der Waals surface area contributed by atoms with Crippen LogP contribution in [-0.4, -0.2) is 34.9 Å². The van der Waals surface area contributed by atoms with Crippen LogP contribution in [0.15, 0.2) is 77.6 Å². The summed E-state index contributed by atoms with van der Waals surface area (Å²) in [6, 6.07) is 22.3. The van der Waals surface area contributed by atoms with Gasteiger partial charge in [0.1, 0.15) is 11.5 Å². The second kappa shape index (κ2) is 10.9. The highest BCUT2D eigenvalue weighted by atomic mass is 16.5. The fourth-order valence-electron chi connectivity index (χ4n) is 3.85. The largest absolute Gasteiger partial charge is 0.506 e. The average molecular weight is 460 g/mol. The van der Waals surface area contributed by atoms with Crippen molar-refractivity contribution >= 4 is 22.3 Å². The highest BCUT2D eigenvalue weighted by Gasteiger charge is 2.13. The molecule has 7 heteroatoms. The van der Waals surface area contributed by atoms with E-state index >= 15 is 0 Å². The Balaban J connectivity index is 1.27. The molecule has 5 N–H and O–H groups in total. The molecule has 0 saturated heterocycles. The van der Waals surface area contributed by atoms with Crippen LogP contribution in [0.2, 0.25) is 0 Å². The second-order valence-corrected chi connectivity index (χ2v) is 8.03. The lowest BCUT2D eigenvalue weighted by Gasteiger charge is -2.15. The summed E-state index contributed by atoms with van der Waals surface area (Å²) in [7, 11) is 0. The number of aromatic hydroxyl groups is 1. The van der Waals surface area contributed by atoms with Gasteiger partial charge in [-0.05, 0) is 79.5 Å². The van der Waals surface area contributed by atoms with Crippen LogP contribution in [-0.2, 0) is 6.42 Å². The smallest absolute Gasteiger partial charge is 0.248 e. The van der Waals surface area contributed by atoms with Crippen molar-refractivity contribution in [3.8, 4) is 11.5 Å². The molecule has 176 valence electrons. The number of rotatable bonds is 10. The van der Waals surface area contributed by atoms with Crippen LogP contribution in [0.1, 0.15) is 24.2 Å². The van der Waals surface area contributed by atoms with Crippen LogP contribution in [0.25, 0.3) is 10.9 Å². The number of phenols is 1. The Hall–Kier alpha value is -3.81. The molecular formula is C27H29N3O4. The number of phenolic OH excluding ortho intramolecular Hbond substituents is 1. The van der Waals surface area contributed by atoms with Gasteiger partial charge in [-0.1, -0.05) is 18.2 Å². The number of aliphatic hydroxyl groups excluding tert-OH is 1. The molecule has 0 radical (unpaired) electrons. The molecule has 4 aromatic rings. The normalized spacial score (nSPS) is 11.9. The summed E-state index contributed by atoms with van der Waals surface area (Å²) in [6.07, 6.45) is 0.0503. The van der Waals surface area contributed by atoms with Crippen molar-refractivity contribution in [1.82, 2.24) is 10.3 Å². The number of nitrogens with one attached hydrogen (secondary N) is 3. The van der Waals surface area contributed by atoms with Gasteiger partial charge >= 0.3 is 0 Å². The Morgan fingerprint density at radius 2 is 1.65 bits per heavy atom. The SMILES string of the molecule is CCOc1ccc(Nc2ccc(CCNC[C@H](O)c3ccc(O)c4[nH]c(=O)ccc34)cc2)cc1. The quantitative estimate of drug-likeness (QED) is 0.227. The number of anilines is 2. The molecule has 34 heavy (non-hydrogen) atoms. The highest BCUT2D eigenvalue weighted by molar-refractivity contribution is 5.87. The third kappa shape index (κ3) is 5.75. The number of hydrogen-bond acceptors (Lipinski definition) is 6. The Kier molecular flexibility index (Phi) is 7.47. The number of hydrogen-bond donors (Lipinski definition) is 5. The van der Waals surface area contributed by atoms with E-state index in [1.807, 2.05) is 43.3 Å². The summed E-state index contributed by atoms with van der Waals surface area (Å²) in [5, 5.41) is 27.9. The topological polar surface area (TPSA) is 107 Å². The Morgan fingerprint density at radius 1 is 0.941 bits per heavy atom. The second-order valence-electron chi connectivity index (χ2n) is 8.03. The molecule has 0 aliphatic carbocycles. The predicted molar refractivity (Wildman–Crippen MR) is 135 cm³/mol. The summed E-state index contributed by atoms with van der Waals surface area (Å²) < 4.78 is 5.47. The minimum absolute atomic E-state index is 0.0166. The van der Waals surface area contributed by atoms with Crippen LogP contribution >= 0.6 is 0 Å². The lowest BCUT2D eigenvalue weighted by atomic mass is 10.0. The van der Waals surface area contributed by atoms with Crippen LogP contribution < -0.4 is 20.9 Å². The van der Waals surface area contributed by atoms with Gasteiger partial charge in [0.25, 0.3) is 0 Å². The highest BCUT2D eigenvalue weighted by Crippen LogP contribution is 2.28. The van der Waals surface area contributed by atoms with Gasteiger partial charge < -0.3 is 30.6 Å². The zero-order chi connectivity index (χ0) is 23.9. The molecule has 1 heterocycles. The van der Waals surface area contributed by atoms with Gasteiger partial charge in [-0.3, -0.25) is 4.79 Å². The molecule has 1 atom stereocenters. The van der Waals surface area contributed by atoms with Crippen molar-refractivity contribution in [2.75, 3.05) is 25.0 Å². The molecule has 0 bridgehead atoms. The lowest BCUT2D eigenvalue weighted by molar-refractivity contribution is 0.176. The first kappa shape index (κ1) is 23.4. The molecule has 0 fully saturated rings. The number of aliphatic hydroxyl groups is 1. The summed E-state index contributed by atoms with van der Waals surface area (Å²) >= 11 is 0. The first-order chi connectivity index (χ1) is 16.5. The number of fused-ring (bicyclic) bond motifs is 1. The van der Waals surface area contributed by atoms with Crippen LogP contribution in [0.5, 0.6) is 11.5 Å². The fourth-order valence-corrected chi connectivity index (χ4v) is 3.85. The van der Waals surface area contributed by atoms with E-state index in [9.17, 15) is 15.0 Å². The average Bonchev–Trinajstić information content (AvgIpc) is 2.84. The van der Waals surface area contributed by atoms with Crippen molar-refractivity contribution in [1.29, 1.82) is 0 Å². The monoisotopic (exact) mass is 459 g/mol. The van der Waals surface area contributed by atoms with Crippen LogP contribution in [0.4, 0.5) is 11.4 Å². The summed E-state index contributed by atoms with van der Waals surface area (Å²) in [5.74, 6) is 0.839. The maximum atomic E-state index is 11.6. The van der Waals surface area contributed by atoms with E-state index < -0.39 is 6.10 Å². The Labute approximate surface area is 198 Å². The van der Waals surface area contributed by atoms with E-state index in [-0.39, 0.29) is 11.3 Å². The van der Waals surface area contributed by atoms with E-state index in [2.05, 4.69) is 27.8 Å². The first-order valence-corrected chi connectivity index (χ1v) is 11.4. The fraction of sp³-hybridized carbons (Fsp3) is 0.222. The zero-order valence-electron chi connectivity index (χ0n) is 19.0. The lowest BCUT2D eigenvalue weighted by Crippen LogP contribution is -2.24. The van der Waals surface area contributed by atoms with E-state index in [1.54, 1.807) is 12.1 Å². The molecule has 0 amide bonds. The van der Waals surface area contributed by atoms with Gasteiger partial charge in [-0.15, -0.1) is 0 Å².